The van der Waals surface area contributed by atoms with Crippen LogP contribution in [0.25, 0.3) is 0 Å². The highest BCUT2D eigenvalue weighted by atomic mass is 32.1. The van der Waals surface area contributed by atoms with E-state index < -0.39 is 17.3 Å². The predicted octanol–water partition coefficient (Wildman–Crippen LogP) is 4.47. The van der Waals surface area contributed by atoms with Crippen molar-refractivity contribution in [3.05, 3.63) is 51.2 Å². The number of halogens is 2. The highest BCUT2D eigenvalue weighted by Gasteiger charge is 2.09. The Morgan fingerprint density at radius 3 is 2.37 bits per heavy atom. The third kappa shape index (κ3) is 3.33. The van der Waals surface area contributed by atoms with Crippen molar-refractivity contribution in [2.75, 3.05) is 0 Å². The van der Waals surface area contributed by atoms with Gasteiger partial charge in [0.25, 0.3) is 0 Å². The van der Waals surface area contributed by atoms with Crippen LogP contribution in [0.5, 0.6) is 0 Å². The molecule has 0 saturated heterocycles. The predicted molar refractivity (Wildman–Crippen MR) is 76.1 cm³/mol. The molecule has 1 heterocycles. The first-order valence-electron chi connectivity index (χ1n) is 5.25. The Balaban J connectivity index is 2.38. The molecule has 0 aliphatic carbocycles. The summed E-state index contributed by atoms with van der Waals surface area (Å²) in [7, 11) is 0. The smallest absolute Gasteiger partial charge is 0.153 e. The van der Waals surface area contributed by atoms with Crippen LogP contribution in [0.15, 0.2) is 29.3 Å². The fourth-order valence-electron chi connectivity index (χ4n) is 1.43. The molecule has 0 N–H and O–H groups in total. The summed E-state index contributed by atoms with van der Waals surface area (Å²) in [6.07, 6.45) is 0. The Bertz CT molecular complexity index is 708. The summed E-state index contributed by atoms with van der Waals surface area (Å²) >= 11 is 5.85. The van der Waals surface area contributed by atoms with Crippen molar-refractivity contribution < 1.29 is 8.78 Å². The van der Waals surface area contributed by atoms with Crippen LogP contribution in [0.1, 0.15) is 15.3 Å². The van der Waals surface area contributed by atoms with E-state index >= 15 is 0 Å². The van der Waals surface area contributed by atoms with E-state index in [1.165, 1.54) is 11.3 Å². The summed E-state index contributed by atoms with van der Waals surface area (Å²) in [6, 6.07) is 6.06. The molecule has 1 aromatic heterocycles. The lowest BCUT2D eigenvalue weighted by molar-refractivity contribution is 0.587. The molecular formula is C14H7F2NS2. The number of aryl methyl sites for hydroxylation is 1. The molecule has 0 spiro atoms. The zero-order valence-electron chi connectivity index (χ0n) is 9.83. The molecule has 0 amide bonds. The molecule has 0 unspecified atom stereocenters. The molecule has 2 rings (SSSR count). The van der Waals surface area contributed by atoms with Crippen molar-refractivity contribution >= 4 is 34.4 Å². The number of benzene rings is 1. The van der Waals surface area contributed by atoms with Gasteiger partial charge in [0, 0.05) is 10.4 Å². The van der Waals surface area contributed by atoms with Gasteiger partial charge in [-0.05, 0) is 43.4 Å². The third-order valence-corrected chi connectivity index (χ3v) is 3.25. The summed E-state index contributed by atoms with van der Waals surface area (Å²) in [4.78, 5) is 5.32. The van der Waals surface area contributed by atoms with Crippen LogP contribution in [-0.2, 0) is 0 Å². The lowest BCUT2D eigenvalue weighted by atomic mass is 10.2. The standard InChI is InChI=1S/C14H7F2NS2/c1-9-2-4-11(19-9)5-3-10-6-12(15)14(17-8-18)13(16)7-10/h2,4,6-7H,1H3. The zero-order chi connectivity index (χ0) is 13.8. The van der Waals surface area contributed by atoms with Gasteiger partial charge in [-0.2, -0.15) is 4.99 Å². The van der Waals surface area contributed by atoms with Crippen molar-refractivity contribution in [3.63, 3.8) is 0 Å². The molecule has 1 aromatic carbocycles. The number of thiocarbonyl (C=S) groups is 1. The number of hydrogen-bond donors (Lipinski definition) is 0. The minimum absolute atomic E-state index is 0.254. The van der Waals surface area contributed by atoms with E-state index in [1.807, 2.05) is 24.2 Å². The maximum atomic E-state index is 13.5. The molecule has 0 aliphatic rings. The first-order valence-corrected chi connectivity index (χ1v) is 6.48. The second-order valence-corrected chi connectivity index (χ2v) is 5.12. The molecule has 2 aromatic rings. The van der Waals surface area contributed by atoms with Gasteiger partial charge in [-0.3, -0.25) is 0 Å². The Kier molecular flexibility index (Phi) is 4.18. The van der Waals surface area contributed by atoms with Crippen LogP contribution >= 0.6 is 23.6 Å². The topological polar surface area (TPSA) is 12.4 Å². The minimum atomic E-state index is -0.802. The van der Waals surface area contributed by atoms with Gasteiger partial charge in [-0.1, -0.05) is 11.8 Å². The van der Waals surface area contributed by atoms with Gasteiger partial charge in [0.15, 0.2) is 11.6 Å². The van der Waals surface area contributed by atoms with Crippen molar-refractivity contribution in [2.24, 2.45) is 4.99 Å². The van der Waals surface area contributed by atoms with Gasteiger partial charge in [-0.15, -0.1) is 11.3 Å². The van der Waals surface area contributed by atoms with Gasteiger partial charge in [0.05, 0.1) is 10.0 Å². The van der Waals surface area contributed by atoms with Crippen molar-refractivity contribution in [3.8, 4) is 11.8 Å². The van der Waals surface area contributed by atoms with E-state index in [1.54, 1.807) is 0 Å². The number of aliphatic imine (C=N–C) groups is 1. The number of thiophene rings is 1. The number of nitrogens with zero attached hydrogens (tertiary/aromatic N) is 1. The number of rotatable bonds is 1. The SMILES string of the molecule is Cc1ccc(C#Cc2cc(F)c(N=C=S)c(F)c2)s1. The van der Waals surface area contributed by atoms with Gasteiger partial charge >= 0.3 is 0 Å². The molecule has 0 bridgehead atoms. The highest BCUT2D eigenvalue weighted by molar-refractivity contribution is 7.78. The normalized spacial score (nSPS) is 9.42. The first-order chi connectivity index (χ1) is 9.10. The number of hydrogen-bond acceptors (Lipinski definition) is 3. The fourth-order valence-corrected chi connectivity index (χ4v) is 2.24. The summed E-state index contributed by atoms with van der Waals surface area (Å²) in [5.74, 6) is 3.97. The van der Waals surface area contributed by atoms with Crippen LogP contribution in [-0.4, -0.2) is 5.16 Å². The Labute approximate surface area is 118 Å². The maximum absolute atomic E-state index is 13.5. The van der Waals surface area contributed by atoms with E-state index in [-0.39, 0.29) is 5.56 Å². The second kappa shape index (κ2) is 5.85. The highest BCUT2D eigenvalue weighted by Crippen LogP contribution is 2.23. The molecular weight excluding hydrogens is 284 g/mol. The van der Waals surface area contributed by atoms with Gasteiger partial charge in [0.1, 0.15) is 5.69 Å². The fraction of sp³-hybridized carbons (Fsp3) is 0.0714. The van der Waals surface area contributed by atoms with Crippen LogP contribution in [0.4, 0.5) is 14.5 Å². The Hall–Kier alpha value is -1.86. The monoisotopic (exact) mass is 291 g/mol. The maximum Gasteiger partial charge on any atom is 0.153 e. The molecule has 0 aliphatic heterocycles. The van der Waals surface area contributed by atoms with Crippen molar-refractivity contribution in [2.45, 2.75) is 6.92 Å². The molecule has 19 heavy (non-hydrogen) atoms. The minimum Gasteiger partial charge on any atom is -0.204 e. The Morgan fingerprint density at radius 1 is 1.16 bits per heavy atom. The molecule has 0 saturated carbocycles. The van der Waals surface area contributed by atoms with Crippen LogP contribution in [0.2, 0.25) is 0 Å². The van der Waals surface area contributed by atoms with E-state index in [2.05, 4.69) is 29.1 Å². The van der Waals surface area contributed by atoms with E-state index in [4.69, 9.17) is 0 Å². The third-order valence-electron chi connectivity index (χ3n) is 2.24. The van der Waals surface area contributed by atoms with Crippen molar-refractivity contribution in [1.82, 2.24) is 0 Å². The van der Waals surface area contributed by atoms with Crippen LogP contribution < -0.4 is 0 Å². The lowest BCUT2D eigenvalue weighted by Crippen LogP contribution is -1.86. The lowest BCUT2D eigenvalue weighted by Gasteiger charge is -1.98. The quantitative estimate of drug-likeness (QED) is 0.429. The van der Waals surface area contributed by atoms with Crippen LogP contribution in [0.3, 0.4) is 0 Å². The summed E-state index contributed by atoms with van der Waals surface area (Å²) in [6.45, 7) is 1.97. The molecule has 5 heteroatoms. The molecule has 94 valence electrons. The van der Waals surface area contributed by atoms with E-state index in [0.29, 0.717) is 0 Å². The van der Waals surface area contributed by atoms with Gasteiger partial charge in [-0.25, -0.2) is 8.78 Å². The molecule has 0 fully saturated rings. The molecule has 0 atom stereocenters. The Morgan fingerprint density at radius 2 is 1.84 bits per heavy atom. The first kappa shape index (κ1) is 13.6. The largest absolute Gasteiger partial charge is 0.204 e. The zero-order valence-corrected chi connectivity index (χ0v) is 11.5. The molecule has 1 nitrogen and oxygen atoms in total. The summed E-state index contributed by atoms with van der Waals surface area (Å²) in [5, 5.41) is 1.94. The number of isothiocyanates is 1. The summed E-state index contributed by atoms with van der Waals surface area (Å²) in [5.41, 5.74) is -0.183. The van der Waals surface area contributed by atoms with Gasteiger partial charge in [0.2, 0.25) is 0 Å². The average molecular weight is 291 g/mol. The van der Waals surface area contributed by atoms with Crippen molar-refractivity contribution in [1.29, 1.82) is 0 Å². The summed E-state index contributed by atoms with van der Waals surface area (Å²) < 4.78 is 27.1. The van der Waals surface area contributed by atoms with Gasteiger partial charge < -0.3 is 0 Å². The van der Waals surface area contributed by atoms with E-state index in [0.717, 1.165) is 21.9 Å². The van der Waals surface area contributed by atoms with E-state index in [9.17, 15) is 8.78 Å². The van der Waals surface area contributed by atoms with Crippen LogP contribution in [0, 0.1) is 30.4 Å². The average Bonchev–Trinajstić information content (AvgIpc) is 2.77. The second-order valence-electron chi connectivity index (χ2n) is 3.65. The molecule has 0 radical (unpaired) electrons.